The number of hydrogen-bond acceptors (Lipinski definition) is 4. The Hall–Kier alpha value is -3.85. The molecule has 59 heavy (non-hydrogen) atoms. The number of hydrogen-bond donors (Lipinski definition) is 0. The summed E-state index contributed by atoms with van der Waals surface area (Å²) >= 11 is 0. The fourth-order valence-electron chi connectivity index (χ4n) is 5.56. The summed E-state index contributed by atoms with van der Waals surface area (Å²) in [6.07, 6.45) is 79.2. The number of rotatable bonds is 39. The third kappa shape index (κ3) is 43.6. The van der Waals surface area contributed by atoms with Crippen LogP contribution in [0.4, 0.5) is 0 Å². The maximum Gasteiger partial charge on any atom is 0.587 e. The van der Waals surface area contributed by atoms with Crippen LogP contribution < -0.4 is 0 Å². The average molecular weight is 827 g/mol. The van der Waals surface area contributed by atoms with Crippen LogP contribution in [0.15, 0.2) is 171 Å². The van der Waals surface area contributed by atoms with Crippen LogP contribution >= 0.6 is 7.82 Å². The Labute approximate surface area is 363 Å². The van der Waals surface area contributed by atoms with Crippen molar-refractivity contribution in [3.63, 3.8) is 0 Å². The third-order valence-corrected chi connectivity index (χ3v) is 10.2. The van der Waals surface area contributed by atoms with Gasteiger partial charge < -0.3 is 9.05 Å². The topological polar surface area (TPSA) is 44.8 Å². The van der Waals surface area contributed by atoms with E-state index in [4.69, 9.17) is 13.6 Å². The van der Waals surface area contributed by atoms with Gasteiger partial charge in [-0.15, -0.1) is 0 Å². The van der Waals surface area contributed by atoms with Crippen LogP contribution in [0.2, 0.25) is 0 Å². The molecular formula is C54H83O4P. The van der Waals surface area contributed by atoms with Gasteiger partial charge >= 0.3 is 7.82 Å². The monoisotopic (exact) mass is 827 g/mol. The summed E-state index contributed by atoms with van der Waals surface area (Å²) in [6, 6.07) is 0. The van der Waals surface area contributed by atoms with Crippen molar-refractivity contribution >= 4 is 7.82 Å². The van der Waals surface area contributed by atoms with Crippen molar-refractivity contribution in [1.29, 1.82) is 0 Å². The summed E-state index contributed by atoms with van der Waals surface area (Å²) in [6.45, 7) is 8.71. The first kappa shape index (κ1) is 55.2. The number of allylic oxidation sites excluding steroid dienone is 24. The van der Waals surface area contributed by atoms with Crippen molar-refractivity contribution < 1.29 is 18.1 Å². The van der Waals surface area contributed by atoms with E-state index in [1.807, 2.05) is 110 Å². The van der Waals surface area contributed by atoms with Gasteiger partial charge in [0.2, 0.25) is 0 Å². The highest BCUT2D eigenvalue weighted by Crippen LogP contribution is 2.51. The first-order chi connectivity index (χ1) is 29.1. The molecule has 0 aromatic heterocycles. The molecule has 0 saturated carbocycles. The SMILES string of the molecule is C/C=C/C=C/C=C/C(/C=C/CCCCCCCC)OP(=O)(O/C=C/C=C/C=C/C=C\C=C/CCCCCCCC)O/C=C/C=C/C=C/C=C\C=C/CCCCCCCC. The summed E-state index contributed by atoms with van der Waals surface area (Å²) < 4.78 is 31.3. The Morgan fingerprint density at radius 1 is 0.373 bits per heavy atom. The van der Waals surface area contributed by atoms with E-state index in [-0.39, 0.29) is 0 Å². The van der Waals surface area contributed by atoms with Gasteiger partial charge in [-0.05, 0) is 57.6 Å². The summed E-state index contributed by atoms with van der Waals surface area (Å²) in [5.74, 6) is 0. The second-order valence-electron chi connectivity index (χ2n) is 14.4. The maximum atomic E-state index is 13.9. The smallest absolute Gasteiger partial charge is 0.403 e. The third-order valence-electron chi connectivity index (χ3n) is 8.94. The molecule has 0 spiro atoms. The zero-order chi connectivity index (χ0) is 42.8. The maximum absolute atomic E-state index is 13.9. The molecule has 0 heterocycles. The molecule has 0 aromatic rings. The van der Waals surface area contributed by atoms with E-state index in [1.165, 1.54) is 122 Å². The molecule has 5 heteroatoms. The lowest BCUT2D eigenvalue weighted by Crippen LogP contribution is -2.06. The van der Waals surface area contributed by atoms with Crippen molar-refractivity contribution in [2.24, 2.45) is 0 Å². The van der Waals surface area contributed by atoms with Gasteiger partial charge in [0, 0.05) is 0 Å². The Kier molecular flexibility index (Phi) is 43.8. The summed E-state index contributed by atoms with van der Waals surface area (Å²) in [7, 11) is -4.05. The van der Waals surface area contributed by atoms with Crippen molar-refractivity contribution in [3.8, 4) is 0 Å². The van der Waals surface area contributed by atoms with Gasteiger partial charge in [0.1, 0.15) is 6.10 Å². The molecule has 0 bridgehead atoms. The van der Waals surface area contributed by atoms with Gasteiger partial charge in [0.15, 0.2) is 0 Å². The lowest BCUT2D eigenvalue weighted by molar-refractivity contribution is 0.168. The molecule has 0 radical (unpaired) electrons. The van der Waals surface area contributed by atoms with Crippen LogP contribution in [-0.2, 0) is 18.1 Å². The molecule has 0 fully saturated rings. The molecule has 0 aliphatic carbocycles. The van der Waals surface area contributed by atoms with E-state index in [1.54, 1.807) is 24.3 Å². The molecule has 0 aliphatic heterocycles. The minimum atomic E-state index is -4.05. The van der Waals surface area contributed by atoms with Gasteiger partial charge in [0.05, 0.1) is 12.5 Å². The van der Waals surface area contributed by atoms with Crippen molar-refractivity contribution in [2.75, 3.05) is 0 Å². The standard InChI is InChI=1S/C54H83O4P/c1-5-9-13-17-20-23-25-27-29-31-33-35-37-40-44-48-52-56-59(55,57-53-49-45-41-38-36-34-32-30-28-26-24-21-18-14-10-6-2)58-54(50-46-42-16-12-8-4)51-47-43-39-22-19-15-11-7-3/h8,12,16,27-38,40-42,44-54H,5-7,9-11,13-15,17-26,39,43H2,1-4H3/b12-8+,29-27-,30-28-,33-31-,34-32-,37-35+,38-36+,42-16+,44-40+,45-41+,50-46+,51-47+,52-48+,53-49+. The number of unbranched alkanes of at least 4 members (excludes halogenated alkanes) is 18. The second kappa shape index (κ2) is 46.8. The fourth-order valence-corrected chi connectivity index (χ4v) is 6.58. The minimum absolute atomic E-state index is 0.617. The summed E-state index contributed by atoms with van der Waals surface area (Å²) in [5.41, 5.74) is 0. The zero-order valence-corrected chi connectivity index (χ0v) is 38.6. The lowest BCUT2D eigenvalue weighted by Gasteiger charge is -2.18. The Morgan fingerprint density at radius 2 is 0.712 bits per heavy atom. The van der Waals surface area contributed by atoms with Gasteiger partial charge in [-0.2, -0.15) is 0 Å². The highest BCUT2D eigenvalue weighted by atomic mass is 31.2. The molecular weight excluding hydrogens is 744 g/mol. The van der Waals surface area contributed by atoms with E-state index < -0.39 is 13.9 Å². The molecule has 0 amide bonds. The van der Waals surface area contributed by atoms with Crippen molar-refractivity contribution in [1.82, 2.24) is 0 Å². The summed E-state index contributed by atoms with van der Waals surface area (Å²) in [5, 5.41) is 0. The highest BCUT2D eigenvalue weighted by molar-refractivity contribution is 7.48. The van der Waals surface area contributed by atoms with Crippen LogP contribution in [0.5, 0.6) is 0 Å². The molecule has 0 N–H and O–H groups in total. The van der Waals surface area contributed by atoms with E-state index in [0.29, 0.717) is 0 Å². The van der Waals surface area contributed by atoms with Crippen molar-refractivity contribution in [2.45, 2.75) is 169 Å². The first-order valence-corrected chi connectivity index (χ1v) is 24.5. The van der Waals surface area contributed by atoms with E-state index in [2.05, 4.69) is 51.2 Å². The van der Waals surface area contributed by atoms with Crippen LogP contribution in [0.1, 0.15) is 163 Å². The van der Waals surface area contributed by atoms with Crippen molar-refractivity contribution in [3.05, 3.63) is 171 Å². The molecule has 0 rings (SSSR count). The lowest BCUT2D eigenvalue weighted by atomic mass is 10.1. The van der Waals surface area contributed by atoms with Crippen LogP contribution in [0, 0.1) is 0 Å². The van der Waals surface area contributed by atoms with Crippen LogP contribution in [0.3, 0.4) is 0 Å². The van der Waals surface area contributed by atoms with E-state index >= 15 is 0 Å². The Bertz CT molecular complexity index is 1340. The largest absolute Gasteiger partial charge is 0.587 e. The quantitative estimate of drug-likeness (QED) is 0.0204. The minimum Gasteiger partial charge on any atom is -0.403 e. The molecule has 1 atom stereocenters. The first-order valence-electron chi connectivity index (χ1n) is 23.0. The van der Waals surface area contributed by atoms with E-state index in [9.17, 15) is 4.57 Å². The normalized spacial score (nSPS) is 14.3. The summed E-state index contributed by atoms with van der Waals surface area (Å²) in [4.78, 5) is 0. The molecule has 1 unspecified atom stereocenters. The fraction of sp³-hybridized carbons (Fsp3) is 0.481. The number of phosphoric ester groups is 1. The molecule has 4 nitrogen and oxygen atoms in total. The van der Waals surface area contributed by atoms with E-state index in [0.717, 1.165) is 25.7 Å². The highest BCUT2D eigenvalue weighted by Gasteiger charge is 2.30. The molecule has 0 aliphatic rings. The molecule has 0 aromatic carbocycles. The number of phosphoric acid groups is 1. The van der Waals surface area contributed by atoms with Gasteiger partial charge in [-0.1, -0.05) is 263 Å². The van der Waals surface area contributed by atoms with Gasteiger partial charge in [-0.3, -0.25) is 4.52 Å². The molecule has 0 saturated heterocycles. The Balaban J connectivity index is 5.44. The van der Waals surface area contributed by atoms with Crippen LogP contribution in [0.25, 0.3) is 0 Å². The van der Waals surface area contributed by atoms with Crippen LogP contribution in [-0.4, -0.2) is 6.10 Å². The molecule has 328 valence electrons. The Morgan fingerprint density at radius 3 is 1.14 bits per heavy atom. The zero-order valence-electron chi connectivity index (χ0n) is 37.7. The second-order valence-corrected chi connectivity index (χ2v) is 16.0. The van der Waals surface area contributed by atoms with Gasteiger partial charge in [-0.25, -0.2) is 4.57 Å². The predicted molar refractivity (Wildman–Crippen MR) is 262 cm³/mol. The predicted octanol–water partition coefficient (Wildman–Crippen LogP) is 18.5. The van der Waals surface area contributed by atoms with Gasteiger partial charge in [0.25, 0.3) is 0 Å². The average Bonchev–Trinajstić information content (AvgIpc) is 3.23.